The summed E-state index contributed by atoms with van der Waals surface area (Å²) >= 11 is 0. The van der Waals surface area contributed by atoms with Gasteiger partial charge >= 0.3 is 0 Å². The van der Waals surface area contributed by atoms with Crippen LogP contribution in [0.15, 0.2) is 18.7 Å². The van der Waals surface area contributed by atoms with E-state index in [-0.39, 0.29) is 0 Å². The molecule has 0 bridgehead atoms. The van der Waals surface area contributed by atoms with Crippen molar-refractivity contribution in [2.24, 2.45) is 0 Å². The number of anilines is 1. The van der Waals surface area contributed by atoms with Crippen molar-refractivity contribution in [1.29, 1.82) is 0 Å². The molecule has 1 aliphatic rings. The predicted molar refractivity (Wildman–Crippen MR) is 90.6 cm³/mol. The van der Waals surface area contributed by atoms with Gasteiger partial charge in [-0.3, -0.25) is 0 Å². The van der Waals surface area contributed by atoms with E-state index in [0.29, 0.717) is 0 Å². The summed E-state index contributed by atoms with van der Waals surface area (Å²) in [6.07, 6.45) is 6.12. The van der Waals surface area contributed by atoms with Gasteiger partial charge in [0, 0.05) is 18.3 Å². The topological polar surface area (TPSA) is 3.24 Å². The number of fused-ring (bicyclic) bond motifs is 1. The van der Waals surface area contributed by atoms with Crippen LogP contribution in [0.4, 0.5) is 5.69 Å². The van der Waals surface area contributed by atoms with Crippen molar-refractivity contribution in [2.75, 3.05) is 11.4 Å². The Labute approximate surface area is 124 Å². The Morgan fingerprint density at radius 3 is 2.60 bits per heavy atom. The maximum Gasteiger partial charge on any atom is 0.0404 e. The summed E-state index contributed by atoms with van der Waals surface area (Å²) in [6.45, 7) is 14.3. The largest absolute Gasteiger partial charge is 0.368 e. The zero-order valence-corrected chi connectivity index (χ0v) is 13.6. The minimum Gasteiger partial charge on any atom is -0.368 e. The molecule has 0 aromatic heterocycles. The molecule has 0 aliphatic carbocycles. The molecule has 20 heavy (non-hydrogen) atoms. The molecule has 1 aromatic carbocycles. The third kappa shape index (κ3) is 2.63. The molecule has 0 saturated carbocycles. The van der Waals surface area contributed by atoms with Gasteiger partial charge in [0.15, 0.2) is 0 Å². The fourth-order valence-corrected chi connectivity index (χ4v) is 3.66. The summed E-state index contributed by atoms with van der Waals surface area (Å²) in [4.78, 5) is 2.65. The summed E-state index contributed by atoms with van der Waals surface area (Å²) in [5.74, 6) is 0. The van der Waals surface area contributed by atoms with E-state index in [1.54, 1.807) is 5.56 Å². The molecule has 1 heterocycles. The molecular formula is C19H29N. The molecular weight excluding hydrogens is 242 g/mol. The van der Waals surface area contributed by atoms with Gasteiger partial charge in [0.2, 0.25) is 0 Å². The van der Waals surface area contributed by atoms with E-state index >= 15 is 0 Å². The highest BCUT2D eigenvalue weighted by molar-refractivity contribution is 5.72. The number of hydrogen-bond donors (Lipinski definition) is 0. The van der Waals surface area contributed by atoms with Crippen LogP contribution in [-0.4, -0.2) is 12.6 Å². The van der Waals surface area contributed by atoms with Crippen molar-refractivity contribution >= 4 is 11.3 Å². The number of allylic oxidation sites excluding steroid dienone is 1. The molecule has 1 nitrogen and oxygen atoms in total. The van der Waals surface area contributed by atoms with E-state index in [9.17, 15) is 0 Å². The quantitative estimate of drug-likeness (QED) is 0.709. The van der Waals surface area contributed by atoms with Gasteiger partial charge in [-0.25, -0.2) is 0 Å². The Bertz CT molecular complexity index is 487. The van der Waals surface area contributed by atoms with Crippen molar-refractivity contribution in [3.63, 3.8) is 0 Å². The van der Waals surface area contributed by atoms with Gasteiger partial charge in [-0.15, -0.1) is 0 Å². The zero-order valence-electron chi connectivity index (χ0n) is 13.6. The standard InChI is InChI=1S/C19H29N/c1-6-13-20-15(7-2)9-10-18-16(8-3)17(14(4)5)11-12-19(18)20/h11-12,15H,4,6-10,13H2,1-3,5H3. The summed E-state index contributed by atoms with van der Waals surface area (Å²) in [7, 11) is 0. The van der Waals surface area contributed by atoms with Crippen LogP contribution in [-0.2, 0) is 12.8 Å². The molecule has 0 radical (unpaired) electrons. The average Bonchev–Trinajstić information content (AvgIpc) is 2.46. The molecule has 0 amide bonds. The van der Waals surface area contributed by atoms with Crippen LogP contribution in [0.5, 0.6) is 0 Å². The molecule has 0 saturated heterocycles. The fourth-order valence-electron chi connectivity index (χ4n) is 3.66. The van der Waals surface area contributed by atoms with Gasteiger partial charge in [0.25, 0.3) is 0 Å². The van der Waals surface area contributed by atoms with Gasteiger partial charge in [-0.1, -0.05) is 39.0 Å². The number of nitrogens with zero attached hydrogens (tertiary/aromatic N) is 1. The van der Waals surface area contributed by atoms with Gasteiger partial charge in [-0.05, 0) is 61.8 Å². The van der Waals surface area contributed by atoms with Crippen molar-refractivity contribution in [2.45, 2.75) is 65.8 Å². The van der Waals surface area contributed by atoms with E-state index in [4.69, 9.17) is 0 Å². The normalized spacial score (nSPS) is 18.0. The molecule has 1 aliphatic heterocycles. The lowest BCUT2D eigenvalue weighted by Crippen LogP contribution is -2.39. The SMILES string of the molecule is C=C(C)c1ccc2c(c1CC)CCC(CC)N2CCC. The molecule has 1 heteroatoms. The van der Waals surface area contributed by atoms with Crippen LogP contribution < -0.4 is 4.90 Å². The molecule has 2 rings (SSSR count). The van der Waals surface area contributed by atoms with E-state index in [0.717, 1.165) is 12.5 Å². The maximum absolute atomic E-state index is 4.16. The van der Waals surface area contributed by atoms with Crippen molar-refractivity contribution < 1.29 is 0 Å². The molecule has 0 N–H and O–H groups in total. The Balaban J connectivity index is 2.51. The average molecular weight is 271 g/mol. The van der Waals surface area contributed by atoms with E-state index < -0.39 is 0 Å². The Morgan fingerprint density at radius 1 is 1.30 bits per heavy atom. The van der Waals surface area contributed by atoms with Crippen LogP contribution in [0.1, 0.15) is 63.6 Å². The number of hydrogen-bond acceptors (Lipinski definition) is 1. The lowest BCUT2D eigenvalue weighted by molar-refractivity contribution is 0.509. The predicted octanol–water partition coefficient (Wildman–Crippen LogP) is 5.22. The molecule has 1 aromatic rings. The highest BCUT2D eigenvalue weighted by Crippen LogP contribution is 2.37. The van der Waals surface area contributed by atoms with Crippen LogP contribution in [0.3, 0.4) is 0 Å². The molecule has 0 spiro atoms. The summed E-state index contributed by atoms with van der Waals surface area (Å²) in [6, 6.07) is 5.36. The van der Waals surface area contributed by atoms with Crippen LogP contribution in [0, 0.1) is 0 Å². The third-order valence-electron chi connectivity index (χ3n) is 4.63. The monoisotopic (exact) mass is 271 g/mol. The van der Waals surface area contributed by atoms with Crippen LogP contribution in [0.2, 0.25) is 0 Å². The van der Waals surface area contributed by atoms with Crippen molar-refractivity contribution in [3.8, 4) is 0 Å². The van der Waals surface area contributed by atoms with Gasteiger partial charge in [0.05, 0.1) is 0 Å². The van der Waals surface area contributed by atoms with Crippen LogP contribution >= 0.6 is 0 Å². The zero-order chi connectivity index (χ0) is 14.7. The maximum atomic E-state index is 4.16. The first-order chi connectivity index (χ1) is 9.63. The molecule has 0 fully saturated rings. The van der Waals surface area contributed by atoms with Crippen molar-refractivity contribution in [1.82, 2.24) is 0 Å². The highest BCUT2D eigenvalue weighted by Gasteiger charge is 2.26. The highest BCUT2D eigenvalue weighted by atomic mass is 15.2. The smallest absolute Gasteiger partial charge is 0.0404 e. The van der Waals surface area contributed by atoms with Gasteiger partial charge in [0.1, 0.15) is 0 Å². The van der Waals surface area contributed by atoms with E-state index in [1.807, 2.05) is 0 Å². The first kappa shape index (κ1) is 15.2. The summed E-state index contributed by atoms with van der Waals surface area (Å²) in [5, 5.41) is 0. The van der Waals surface area contributed by atoms with E-state index in [2.05, 4.69) is 51.3 Å². The van der Waals surface area contributed by atoms with Gasteiger partial charge < -0.3 is 4.90 Å². The second-order valence-corrected chi connectivity index (χ2v) is 6.02. The minimum atomic E-state index is 0.725. The summed E-state index contributed by atoms with van der Waals surface area (Å²) < 4.78 is 0. The second-order valence-electron chi connectivity index (χ2n) is 6.02. The molecule has 110 valence electrons. The lowest BCUT2D eigenvalue weighted by atomic mass is 9.86. The first-order valence-electron chi connectivity index (χ1n) is 8.21. The van der Waals surface area contributed by atoms with Gasteiger partial charge in [-0.2, -0.15) is 0 Å². The summed E-state index contributed by atoms with van der Waals surface area (Å²) in [5.41, 5.74) is 7.19. The van der Waals surface area contributed by atoms with Crippen LogP contribution in [0.25, 0.3) is 5.57 Å². The third-order valence-corrected chi connectivity index (χ3v) is 4.63. The fraction of sp³-hybridized carbons (Fsp3) is 0.579. The Hall–Kier alpha value is -1.24. The van der Waals surface area contributed by atoms with E-state index in [1.165, 1.54) is 54.6 Å². The van der Waals surface area contributed by atoms with Crippen molar-refractivity contribution in [3.05, 3.63) is 35.4 Å². The second kappa shape index (κ2) is 6.47. The Morgan fingerprint density at radius 2 is 2.05 bits per heavy atom. The molecule has 1 atom stereocenters. The first-order valence-corrected chi connectivity index (χ1v) is 8.21. The Kier molecular flexibility index (Phi) is 4.91. The number of rotatable bonds is 5. The number of benzene rings is 1. The molecule has 1 unspecified atom stereocenters. The minimum absolute atomic E-state index is 0.725. The lowest BCUT2D eigenvalue weighted by Gasteiger charge is -2.40.